The highest BCUT2D eigenvalue weighted by molar-refractivity contribution is 7.66. The molecule has 4 fully saturated rings. The maximum atomic E-state index is 13.7. The first kappa shape index (κ1) is 59.0. The molecule has 0 saturated carbocycles. The number of rotatable bonds is 22. The summed E-state index contributed by atoms with van der Waals surface area (Å²) < 4.78 is 118. The third-order valence-electron chi connectivity index (χ3n) is 13.4. The molecular formula is C37H52N16O24P4. The number of fused-ring (bicyclic) bond motifs is 5. The van der Waals surface area contributed by atoms with E-state index in [1.807, 2.05) is 0 Å². The fourth-order valence-corrected chi connectivity index (χ4v) is 14.3. The summed E-state index contributed by atoms with van der Waals surface area (Å²) in [6.07, 6.45) is -14.2. The number of imidazole rings is 3. The lowest BCUT2D eigenvalue weighted by atomic mass is 9.91. The fraction of sp³-hybridized carbons (Fsp3) is 0.595. The molecule has 444 valence electrons. The van der Waals surface area contributed by atoms with E-state index in [0.717, 1.165) is 30.7 Å². The molecule has 4 aliphatic heterocycles. The maximum absolute atomic E-state index is 13.7. The topological polar surface area (TPSA) is 557 Å². The number of phosphoric acid groups is 4. The summed E-state index contributed by atoms with van der Waals surface area (Å²) in [6.45, 7) is -3.11. The Hall–Kier alpha value is -5.19. The number of nitrogens with one attached hydrogen (secondary N) is 2. The minimum Gasteiger partial charge on any atom is -0.756 e. The van der Waals surface area contributed by atoms with Gasteiger partial charge in [0.1, 0.15) is 60.7 Å². The second kappa shape index (κ2) is 21.8. The van der Waals surface area contributed by atoms with Crippen LogP contribution >= 0.6 is 31.3 Å². The monoisotopic (exact) mass is 1230 g/mol. The van der Waals surface area contributed by atoms with Crippen molar-refractivity contribution in [3.63, 3.8) is 0 Å². The molecule has 0 aromatic carbocycles. The van der Waals surface area contributed by atoms with Gasteiger partial charge in [0.2, 0.25) is 17.7 Å². The number of nitrogens with zero attached hydrogens (tertiary/aromatic N) is 11. The Morgan fingerprint density at radius 1 is 0.802 bits per heavy atom. The van der Waals surface area contributed by atoms with Crippen molar-refractivity contribution in [3.05, 3.63) is 46.0 Å². The van der Waals surface area contributed by atoms with E-state index in [2.05, 4.69) is 48.5 Å². The van der Waals surface area contributed by atoms with E-state index in [1.54, 1.807) is 19.0 Å². The number of aryl methyl sites for hydroxylation is 1. The van der Waals surface area contributed by atoms with Crippen LogP contribution < -0.4 is 37.8 Å². The summed E-state index contributed by atoms with van der Waals surface area (Å²) in [5.74, 6) is -0.673. The molecule has 4 saturated heterocycles. The second-order valence-electron chi connectivity index (χ2n) is 19.0. The molecule has 0 spiro atoms. The van der Waals surface area contributed by atoms with Crippen LogP contribution in [0.4, 0.5) is 17.7 Å². The van der Waals surface area contributed by atoms with Crippen LogP contribution in [-0.4, -0.2) is 197 Å². The number of nitrogens with two attached hydrogens (primary N) is 3. The number of aliphatic hydroxyl groups excluding tert-OH is 3. The fourth-order valence-electron chi connectivity index (χ4n) is 9.82. The summed E-state index contributed by atoms with van der Waals surface area (Å²) in [5.41, 5.74) is 13.8. The zero-order valence-corrected chi connectivity index (χ0v) is 45.8. The van der Waals surface area contributed by atoms with Crippen LogP contribution in [0.2, 0.25) is 0 Å². The van der Waals surface area contributed by atoms with Crippen molar-refractivity contribution >= 4 is 82.5 Å². The van der Waals surface area contributed by atoms with Gasteiger partial charge in [-0.05, 0) is 20.5 Å². The van der Waals surface area contributed by atoms with Gasteiger partial charge < -0.3 is 89.7 Å². The van der Waals surface area contributed by atoms with E-state index < -0.39 is 141 Å². The van der Waals surface area contributed by atoms with Gasteiger partial charge in [0.05, 0.1) is 45.6 Å². The van der Waals surface area contributed by atoms with E-state index in [9.17, 15) is 62.7 Å². The number of H-pyrrole nitrogens is 2. The highest BCUT2D eigenvalue weighted by Gasteiger charge is 2.69. The van der Waals surface area contributed by atoms with Gasteiger partial charge >= 0.3 is 29.1 Å². The number of ether oxygens (including phenoxy) is 5. The van der Waals surface area contributed by atoms with Crippen LogP contribution in [0.1, 0.15) is 25.1 Å². The Labute approximate surface area is 451 Å². The summed E-state index contributed by atoms with van der Waals surface area (Å²) in [6, 6.07) is 0. The molecule has 10 heterocycles. The van der Waals surface area contributed by atoms with E-state index in [1.165, 1.54) is 27.1 Å². The van der Waals surface area contributed by atoms with Gasteiger partial charge in [-0.1, -0.05) is 4.98 Å². The van der Waals surface area contributed by atoms with E-state index >= 15 is 0 Å². The quantitative estimate of drug-likeness (QED) is 0.0225. The van der Waals surface area contributed by atoms with Crippen molar-refractivity contribution in [3.8, 4) is 0 Å². The van der Waals surface area contributed by atoms with Gasteiger partial charge in [0.25, 0.3) is 24.9 Å². The van der Waals surface area contributed by atoms with Crippen LogP contribution in [0.25, 0.3) is 33.5 Å². The van der Waals surface area contributed by atoms with Crippen LogP contribution in [-0.2, 0) is 75.7 Å². The molecule has 7 unspecified atom stereocenters. The molecule has 0 aliphatic carbocycles. The number of hydrogen-bond acceptors (Lipinski definition) is 31. The zero-order valence-electron chi connectivity index (χ0n) is 42.2. The highest BCUT2D eigenvalue weighted by Crippen LogP contribution is 2.68. The lowest BCUT2D eigenvalue weighted by molar-refractivity contribution is -0.753. The van der Waals surface area contributed by atoms with Crippen molar-refractivity contribution in [2.45, 2.75) is 85.6 Å². The number of nitrogen functional groups attached to an aromatic ring is 3. The molecular weight excluding hydrogens is 1180 g/mol. The molecule has 17 atom stereocenters. The van der Waals surface area contributed by atoms with Crippen LogP contribution in [0.3, 0.4) is 0 Å². The van der Waals surface area contributed by atoms with Crippen molar-refractivity contribution in [2.75, 3.05) is 64.8 Å². The average Bonchev–Trinajstić information content (AvgIpc) is 4.38. The summed E-state index contributed by atoms with van der Waals surface area (Å²) >= 11 is 0. The summed E-state index contributed by atoms with van der Waals surface area (Å²) in [4.78, 5) is 102. The normalized spacial score (nSPS) is 31.6. The van der Waals surface area contributed by atoms with Crippen molar-refractivity contribution < 1.29 is 108 Å². The lowest BCUT2D eigenvalue weighted by Crippen LogP contribution is -2.55. The molecule has 6 aromatic heterocycles. The molecule has 0 amide bonds. The number of aliphatic hydroxyl groups is 3. The molecule has 4 aliphatic rings. The number of phosphoric ester groups is 3. The number of aromatic amines is 2. The van der Waals surface area contributed by atoms with Crippen molar-refractivity contribution in [1.29, 1.82) is 0 Å². The second-order valence-corrected chi connectivity index (χ2v) is 25.0. The largest absolute Gasteiger partial charge is 0.756 e. The number of hydrogen-bond donors (Lipinski definition) is 11. The first-order valence-corrected chi connectivity index (χ1v) is 29.6. The van der Waals surface area contributed by atoms with E-state index in [0.29, 0.717) is 6.54 Å². The van der Waals surface area contributed by atoms with Crippen LogP contribution in [0.15, 0.2) is 34.9 Å². The molecule has 2 bridgehead atoms. The smallest absolute Gasteiger partial charge is 0.490 e. The number of anilines is 3. The first-order valence-electron chi connectivity index (χ1n) is 23.6. The van der Waals surface area contributed by atoms with E-state index in [-0.39, 0.29) is 57.6 Å². The Morgan fingerprint density at radius 2 is 1.44 bits per heavy atom. The molecule has 81 heavy (non-hydrogen) atoms. The minimum absolute atomic E-state index is 0.00236. The minimum atomic E-state index is -6.25. The van der Waals surface area contributed by atoms with Crippen molar-refractivity contribution in [1.82, 2.24) is 58.5 Å². The van der Waals surface area contributed by atoms with Crippen molar-refractivity contribution in [2.24, 2.45) is 7.05 Å². The Balaban J connectivity index is 0.827. The predicted molar refractivity (Wildman–Crippen MR) is 262 cm³/mol. The first-order chi connectivity index (χ1) is 38.0. The SMILES string of the molecule is COC1[C@@H](OP(=O)([O-])OC[C@H]2O[C@@H](n3cnc4c(=O)[nH]c(N)nc43)C(O)[C@H]2O)[C@@H](COP(=O)(O)OP(=O)(O)OP(=O)(O)OC[C@]23O[C@@H]([n+]4cn(C)c5c(=O)[nH]c(N)nc54)[C@@H](O[C@H]2CCN(C)C)C3O)O[C@H]1n1cnc2c(N)ncnc21. The van der Waals surface area contributed by atoms with Gasteiger partial charge in [0, 0.05) is 13.7 Å². The zero-order chi connectivity index (χ0) is 58.5. The lowest BCUT2D eigenvalue weighted by Gasteiger charge is -2.37. The summed E-state index contributed by atoms with van der Waals surface area (Å²) in [7, 11) is -17.8. The average molecular weight is 1230 g/mol. The number of aromatic nitrogens is 12. The molecule has 14 N–H and O–H groups in total. The third-order valence-corrected chi connectivity index (χ3v) is 18.6. The highest BCUT2D eigenvalue weighted by atomic mass is 31.3. The maximum Gasteiger partial charge on any atom is 0.490 e. The van der Waals surface area contributed by atoms with Gasteiger partial charge in [-0.2, -0.15) is 13.6 Å². The molecule has 44 heteroatoms. The van der Waals surface area contributed by atoms with E-state index in [4.69, 9.17) is 59.0 Å². The predicted octanol–water partition coefficient (Wildman–Crippen LogP) is -4.61. The molecule has 40 nitrogen and oxygen atoms in total. The van der Waals surface area contributed by atoms with Crippen LogP contribution in [0.5, 0.6) is 0 Å². The van der Waals surface area contributed by atoms with Gasteiger partial charge in [-0.3, -0.25) is 46.9 Å². The molecule has 10 rings (SSSR count). The van der Waals surface area contributed by atoms with Gasteiger partial charge in [-0.25, -0.2) is 38.2 Å². The standard InChI is InChI=1S/C37H52N16O24P4/c1-49(2)6-5-16-37(25(56)24(73-16)34(74-37)53-13-50(3)19-29(53)46-36(40)48-31(19)58)9-70-80(63,64)77-81(65,66)76-79(61,62)69-8-15-22(23(67-4)33(72-15)51-11-43-17-26(38)41-10-42-27(17)51)75-78(59,60)68-7-14-20(54)21(55)32(71-14)52-12-44-18-28(52)45-35(39)47-30(18)57/h10-16,20-25,32-34,54-56H,5-9H2,1-4H3,(H11-,38,39,40,41,42,45,46,47,48,57,58,59,60,61,62,63,64,65,66)/t14-,15-,16+,20+,21?,22+,23?,24+,25?,32-,33-,34-,37+/m1/s1. The van der Waals surface area contributed by atoms with Gasteiger partial charge in [-0.15, -0.1) is 0 Å². The van der Waals surface area contributed by atoms with Crippen LogP contribution in [0, 0.1) is 0 Å². The Bertz CT molecular complexity index is 3700. The molecule has 0 radical (unpaired) electrons. The Morgan fingerprint density at radius 3 is 2.15 bits per heavy atom. The molecule has 6 aromatic rings. The Kier molecular flexibility index (Phi) is 15.9. The number of methoxy groups -OCH3 is 1. The third kappa shape index (κ3) is 11.4. The van der Waals surface area contributed by atoms with Gasteiger partial charge in [0.15, 0.2) is 47.0 Å². The summed E-state index contributed by atoms with van der Waals surface area (Å²) in [5, 5.41) is 33.4.